The van der Waals surface area contributed by atoms with Crippen LogP contribution in [0.5, 0.6) is 0 Å². The standard InChI is InChI=1S/C23H32N2O6S/c1-30-21(26)19-5-6-20(31-19)32(28,29)25-7-3-2-4-18(25)14-24-22(27)23-11-15-8-16(12-23)10-17(9-15)13-23/h5-6,15-18H,2-4,7-14H2,1H3,(H,24,27). The van der Waals surface area contributed by atoms with Gasteiger partial charge in [-0.3, -0.25) is 4.79 Å². The number of carbonyl (C=O) groups excluding carboxylic acids is 2. The van der Waals surface area contributed by atoms with Crippen LogP contribution in [-0.2, 0) is 19.6 Å². The average Bonchev–Trinajstić information content (AvgIpc) is 3.27. The topological polar surface area (TPSA) is 106 Å². The van der Waals surface area contributed by atoms with Gasteiger partial charge in [0.2, 0.25) is 16.8 Å². The Morgan fingerprint density at radius 3 is 2.41 bits per heavy atom. The summed E-state index contributed by atoms with van der Waals surface area (Å²) in [5.74, 6) is 1.30. The first-order chi connectivity index (χ1) is 15.3. The highest BCUT2D eigenvalue weighted by molar-refractivity contribution is 7.89. The van der Waals surface area contributed by atoms with Crippen molar-refractivity contribution in [3.63, 3.8) is 0 Å². The van der Waals surface area contributed by atoms with Gasteiger partial charge in [-0.25, -0.2) is 13.2 Å². The second kappa shape index (κ2) is 8.17. The first-order valence-electron chi connectivity index (χ1n) is 11.8. The molecule has 1 unspecified atom stereocenters. The third-order valence-electron chi connectivity index (χ3n) is 8.12. The van der Waals surface area contributed by atoms with E-state index in [1.165, 1.54) is 42.8 Å². The summed E-state index contributed by atoms with van der Waals surface area (Å²) in [7, 11) is -2.70. The zero-order valence-electron chi connectivity index (χ0n) is 18.5. The predicted molar refractivity (Wildman–Crippen MR) is 115 cm³/mol. The third kappa shape index (κ3) is 3.77. The van der Waals surface area contributed by atoms with Gasteiger partial charge < -0.3 is 14.5 Å². The Bertz CT molecular complexity index is 965. The van der Waals surface area contributed by atoms with E-state index in [1.54, 1.807) is 0 Å². The summed E-state index contributed by atoms with van der Waals surface area (Å²) >= 11 is 0. The van der Waals surface area contributed by atoms with Crippen LogP contribution in [0.1, 0.15) is 68.3 Å². The molecule has 0 spiro atoms. The van der Waals surface area contributed by atoms with E-state index in [9.17, 15) is 18.0 Å². The monoisotopic (exact) mass is 464 g/mol. The lowest BCUT2D eigenvalue weighted by atomic mass is 9.49. The van der Waals surface area contributed by atoms with Crippen molar-refractivity contribution in [1.82, 2.24) is 9.62 Å². The number of carbonyl (C=O) groups is 2. The number of esters is 1. The van der Waals surface area contributed by atoms with Gasteiger partial charge in [-0.2, -0.15) is 4.31 Å². The summed E-state index contributed by atoms with van der Waals surface area (Å²) < 4.78 is 37.8. The molecule has 9 heteroatoms. The van der Waals surface area contributed by atoms with Gasteiger partial charge in [0, 0.05) is 24.5 Å². The number of nitrogens with one attached hydrogen (secondary N) is 1. The number of amides is 1. The second-order valence-electron chi connectivity index (χ2n) is 10.3. The lowest BCUT2D eigenvalue weighted by molar-refractivity contribution is -0.146. The van der Waals surface area contributed by atoms with Gasteiger partial charge in [0.25, 0.3) is 10.0 Å². The molecular weight excluding hydrogens is 432 g/mol. The maximum atomic E-state index is 13.3. The van der Waals surface area contributed by atoms with E-state index < -0.39 is 16.0 Å². The normalized spacial score (nSPS) is 34.4. The molecular formula is C23H32N2O6S. The highest BCUT2D eigenvalue weighted by Gasteiger charge is 2.54. The van der Waals surface area contributed by atoms with Crippen LogP contribution in [0.3, 0.4) is 0 Å². The molecule has 8 nitrogen and oxygen atoms in total. The maximum absolute atomic E-state index is 13.3. The summed E-state index contributed by atoms with van der Waals surface area (Å²) in [5.41, 5.74) is -0.246. The van der Waals surface area contributed by atoms with E-state index in [4.69, 9.17) is 4.42 Å². The number of nitrogens with zero attached hydrogens (tertiary/aromatic N) is 1. The Morgan fingerprint density at radius 2 is 1.78 bits per heavy atom. The quantitative estimate of drug-likeness (QED) is 0.649. The average molecular weight is 465 g/mol. The van der Waals surface area contributed by atoms with E-state index in [1.807, 2.05) is 0 Å². The fourth-order valence-electron chi connectivity index (χ4n) is 7.07. The molecule has 32 heavy (non-hydrogen) atoms. The van der Waals surface area contributed by atoms with Crippen molar-refractivity contribution in [2.45, 2.75) is 68.9 Å². The summed E-state index contributed by atoms with van der Waals surface area (Å²) in [6, 6.07) is 2.28. The van der Waals surface area contributed by atoms with Crippen LogP contribution in [0, 0.1) is 23.2 Å². The molecule has 4 saturated carbocycles. The van der Waals surface area contributed by atoms with Gasteiger partial charge in [0.15, 0.2) is 0 Å². The number of furan rings is 1. The fraction of sp³-hybridized carbons (Fsp3) is 0.739. The molecule has 1 N–H and O–H groups in total. The van der Waals surface area contributed by atoms with Crippen LogP contribution in [0.2, 0.25) is 0 Å². The predicted octanol–water partition coefficient (Wildman–Crippen LogP) is 2.94. The molecule has 4 bridgehead atoms. The number of rotatable bonds is 6. The molecule has 1 saturated heterocycles. The zero-order valence-corrected chi connectivity index (χ0v) is 19.4. The number of sulfonamides is 1. The van der Waals surface area contributed by atoms with Crippen molar-refractivity contribution >= 4 is 21.9 Å². The molecule has 0 aromatic carbocycles. The lowest BCUT2D eigenvalue weighted by Gasteiger charge is -2.55. The minimum Gasteiger partial charge on any atom is -0.463 e. The SMILES string of the molecule is COC(=O)c1ccc(S(=O)(=O)N2CCCCC2CNC(=O)C23CC4CC(CC(C4)C2)C3)o1. The maximum Gasteiger partial charge on any atom is 0.374 e. The minimum atomic E-state index is -3.92. The van der Waals surface area contributed by atoms with Gasteiger partial charge in [0.05, 0.1) is 7.11 Å². The largest absolute Gasteiger partial charge is 0.463 e. The highest BCUT2D eigenvalue weighted by atomic mass is 32.2. The Morgan fingerprint density at radius 1 is 1.12 bits per heavy atom. The number of ether oxygens (including phenoxy) is 1. The van der Waals surface area contributed by atoms with Crippen molar-refractivity contribution in [3.05, 3.63) is 17.9 Å². The smallest absolute Gasteiger partial charge is 0.374 e. The summed E-state index contributed by atoms with van der Waals surface area (Å²) in [6.07, 6.45) is 9.14. The first-order valence-corrected chi connectivity index (χ1v) is 13.2. The molecule has 1 atom stereocenters. The fourth-order valence-corrected chi connectivity index (χ4v) is 8.67. The van der Waals surface area contributed by atoms with Crippen molar-refractivity contribution in [2.75, 3.05) is 20.2 Å². The van der Waals surface area contributed by atoms with Crippen LogP contribution in [0.25, 0.3) is 0 Å². The molecule has 1 aliphatic heterocycles. The molecule has 1 aromatic rings. The zero-order chi connectivity index (χ0) is 22.5. The van der Waals surface area contributed by atoms with E-state index in [-0.39, 0.29) is 28.2 Å². The van der Waals surface area contributed by atoms with Crippen LogP contribution in [-0.4, -0.2) is 50.8 Å². The first kappa shape index (κ1) is 21.9. The Kier molecular flexibility index (Phi) is 5.60. The van der Waals surface area contributed by atoms with Crippen molar-refractivity contribution < 1.29 is 27.2 Å². The third-order valence-corrected chi connectivity index (χ3v) is 9.95. The van der Waals surface area contributed by atoms with Crippen LogP contribution in [0.15, 0.2) is 21.6 Å². The minimum absolute atomic E-state index is 0.116. The summed E-state index contributed by atoms with van der Waals surface area (Å²) in [6.45, 7) is 0.679. The second-order valence-corrected chi connectivity index (χ2v) is 12.1. The van der Waals surface area contributed by atoms with E-state index in [2.05, 4.69) is 10.1 Å². The van der Waals surface area contributed by atoms with Crippen LogP contribution >= 0.6 is 0 Å². The molecule has 4 aliphatic carbocycles. The molecule has 0 radical (unpaired) electrons. The summed E-state index contributed by atoms with van der Waals surface area (Å²) in [4.78, 5) is 25.0. The Labute approximate surface area is 189 Å². The number of hydrogen-bond donors (Lipinski definition) is 1. The van der Waals surface area contributed by atoms with Crippen LogP contribution < -0.4 is 5.32 Å². The van der Waals surface area contributed by atoms with Crippen LogP contribution in [0.4, 0.5) is 0 Å². The highest BCUT2D eigenvalue weighted by Crippen LogP contribution is 2.60. The van der Waals surface area contributed by atoms with Crippen molar-refractivity contribution in [3.8, 4) is 0 Å². The van der Waals surface area contributed by atoms with Gasteiger partial charge in [-0.1, -0.05) is 6.42 Å². The number of methoxy groups -OCH3 is 1. The van der Waals surface area contributed by atoms with Gasteiger partial charge >= 0.3 is 5.97 Å². The van der Waals surface area contributed by atoms with E-state index in [0.717, 1.165) is 32.1 Å². The molecule has 6 rings (SSSR count). The van der Waals surface area contributed by atoms with E-state index in [0.29, 0.717) is 37.3 Å². The summed E-state index contributed by atoms with van der Waals surface area (Å²) in [5, 5.41) is 2.88. The van der Waals surface area contributed by atoms with Gasteiger partial charge in [-0.15, -0.1) is 0 Å². The molecule has 2 heterocycles. The molecule has 1 aromatic heterocycles. The van der Waals surface area contributed by atoms with Gasteiger partial charge in [-0.05, 0) is 81.3 Å². The van der Waals surface area contributed by atoms with Gasteiger partial charge in [0.1, 0.15) is 0 Å². The van der Waals surface area contributed by atoms with E-state index >= 15 is 0 Å². The molecule has 176 valence electrons. The Hall–Kier alpha value is -1.87. The number of piperidine rings is 1. The molecule has 1 amide bonds. The Balaban J connectivity index is 1.28. The number of hydrogen-bond acceptors (Lipinski definition) is 6. The molecule has 5 fully saturated rings. The van der Waals surface area contributed by atoms with Crippen molar-refractivity contribution in [2.24, 2.45) is 23.2 Å². The molecule has 5 aliphatic rings. The van der Waals surface area contributed by atoms with Crippen molar-refractivity contribution in [1.29, 1.82) is 0 Å². The lowest BCUT2D eigenvalue weighted by Crippen LogP contribution is -2.56.